The number of aromatic nitrogens is 4. The van der Waals surface area contributed by atoms with E-state index in [0.717, 1.165) is 16.5 Å². The quantitative estimate of drug-likeness (QED) is 0.520. The summed E-state index contributed by atoms with van der Waals surface area (Å²) in [7, 11) is 0. The Labute approximate surface area is 175 Å². The van der Waals surface area contributed by atoms with Crippen molar-refractivity contribution in [3.05, 3.63) is 64.4 Å². The van der Waals surface area contributed by atoms with Gasteiger partial charge in [-0.15, -0.1) is 0 Å². The van der Waals surface area contributed by atoms with E-state index in [1.807, 2.05) is 12.1 Å². The third-order valence-electron chi connectivity index (χ3n) is 5.19. The first-order chi connectivity index (χ1) is 14.4. The van der Waals surface area contributed by atoms with Gasteiger partial charge in [-0.25, -0.2) is 14.4 Å². The zero-order valence-corrected chi connectivity index (χ0v) is 16.6. The third kappa shape index (κ3) is 2.96. The van der Waals surface area contributed by atoms with Gasteiger partial charge in [0.05, 0.1) is 18.0 Å². The minimum Gasteiger partial charge on any atom is -0.383 e. The maximum absolute atomic E-state index is 13.6. The van der Waals surface area contributed by atoms with Gasteiger partial charge >= 0.3 is 0 Å². The Morgan fingerprint density at radius 3 is 2.87 bits per heavy atom. The van der Waals surface area contributed by atoms with E-state index in [0.29, 0.717) is 34.5 Å². The van der Waals surface area contributed by atoms with Crippen LogP contribution in [0.3, 0.4) is 0 Å². The fourth-order valence-electron chi connectivity index (χ4n) is 3.71. The van der Waals surface area contributed by atoms with Gasteiger partial charge in [0.25, 0.3) is 0 Å². The topological polar surface area (TPSA) is 98.7 Å². The van der Waals surface area contributed by atoms with Crippen molar-refractivity contribution in [1.82, 2.24) is 19.7 Å². The number of nitrogen functional groups attached to an aromatic ring is 1. The van der Waals surface area contributed by atoms with Crippen LogP contribution in [0.15, 0.2) is 42.5 Å². The van der Waals surface area contributed by atoms with Crippen LogP contribution in [0.25, 0.3) is 22.4 Å². The molecule has 3 N–H and O–H groups in total. The molecule has 0 radical (unpaired) electrons. The second kappa shape index (κ2) is 6.77. The van der Waals surface area contributed by atoms with Crippen LogP contribution in [-0.2, 0) is 11.3 Å². The molecule has 0 aliphatic carbocycles. The molecule has 0 unspecified atom stereocenters. The fourth-order valence-corrected chi connectivity index (χ4v) is 3.88. The highest BCUT2D eigenvalue weighted by Crippen LogP contribution is 2.37. The summed E-state index contributed by atoms with van der Waals surface area (Å²) in [6.45, 7) is 2.09. The molecule has 2 aromatic heterocycles. The molecule has 1 aliphatic heterocycles. The molecule has 7 nitrogen and oxygen atoms in total. The Balaban J connectivity index is 1.67. The maximum Gasteiger partial charge on any atom is 0.233 e. The molecule has 0 spiro atoms. The average Bonchev–Trinajstić information content (AvgIpc) is 3.19. The molecule has 0 saturated carbocycles. The van der Waals surface area contributed by atoms with Crippen LogP contribution >= 0.6 is 11.6 Å². The molecule has 3 heterocycles. The van der Waals surface area contributed by atoms with E-state index in [1.165, 1.54) is 12.1 Å². The van der Waals surface area contributed by atoms with E-state index < -0.39 is 5.92 Å². The first-order valence-corrected chi connectivity index (χ1v) is 9.67. The predicted octanol–water partition coefficient (Wildman–Crippen LogP) is 3.97. The summed E-state index contributed by atoms with van der Waals surface area (Å²) in [5.74, 6) is 0.0405. The van der Waals surface area contributed by atoms with Crippen molar-refractivity contribution in [3.63, 3.8) is 0 Å². The SMILES string of the molecule is C[C@H]1C(=O)Nc2nc(-c3nn(Cc4cccc(F)c4)c4cc(Cl)ccc34)nc(N)c21. The van der Waals surface area contributed by atoms with Crippen molar-refractivity contribution in [1.29, 1.82) is 0 Å². The summed E-state index contributed by atoms with van der Waals surface area (Å²) in [5, 5.41) is 8.73. The first kappa shape index (κ1) is 18.5. The lowest BCUT2D eigenvalue weighted by Crippen LogP contribution is -2.09. The average molecular weight is 423 g/mol. The number of amides is 1. The second-order valence-corrected chi connectivity index (χ2v) is 7.64. The van der Waals surface area contributed by atoms with E-state index in [4.69, 9.17) is 17.3 Å². The Bertz CT molecular complexity index is 1330. The summed E-state index contributed by atoms with van der Waals surface area (Å²) < 4.78 is 15.4. The van der Waals surface area contributed by atoms with Crippen LogP contribution in [0.4, 0.5) is 16.0 Å². The molecule has 1 aliphatic rings. The zero-order chi connectivity index (χ0) is 21.0. The molecule has 30 heavy (non-hydrogen) atoms. The minimum atomic E-state index is -0.407. The van der Waals surface area contributed by atoms with Gasteiger partial charge in [0.2, 0.25) is 5.91 Å². The lowest BCUT2D eigenvalue weighted by molar-refractivity contribution is -0.116. The van der Waals surface area contributed by atoms with Crippen molar-refractivity contribution in [2.75, 3.05) is 11.1 Å². The first-order valence-electron chi connectivity index (χ1n) is 9.30. The molecule has 5 rings (SSSR count). The van der Waals surface area contributed by atoms with Gasteiger partial charge in [-0.1, -0.05) is 23.7 Å². The number of halogens is 2. The lowest BCUT2D eigenvalue weighted by atomic mass is 10.1. The predicted molar refractivity (Wildman–Crippen MR) is 113 cm³/mol. The molecule has 150 valence electrons. The van der Waals surface area contributed by atoms with E-state index in [1.54, 1.807) is 29.8 Å². The van der Waals surface area contributed by atoms with Crippen molar-refractivity contribution >= 4 is 40.0 Å². The van der Waals surface area contributed by atoms with E-state index in [-0.39, 0.29) is 17.5 Å². The number of nitrogens with one attached hydrogen (secondary N) is 1. The Morgan fingerprint density at radius 1 is 1.23 bits per heavy atom. The summed E-state index contributed by atoms with van der Waals surface area (Å²) in [6, 6.07) is 11.7. The van der Waals surface area contributed by atoms with E-state index >= 15 is 0 Å². The molecule has 0 saturated heterocycles. The summed E-state index contributed by atoms with van der Waals surface area (Å²) in [5.41, 5.74) is 8.73. The number of carbonyl (C=O) groups excluding carboxylic acids is 1. The molecular weight excluding hydrogens is 407 g/mol. The van der Waals surface area contributed by atoms with E-state index in [9.17, 15) is 9.18 Å². The van der Waals surface area contributed by atoms with Crippen LogP contribution in [0.5, 0.6) is 0 Å². The molecule has 4 aromatic rings. The molecule has 0 bridgehead atoms. The standard InChI is InChI=1S/C21H16ClFN6O/c1-10-16-18(24)25-20(26-19(16)27-21(10)30)17-14-6-5-12(22)8-15(14)29(28-17)9-11-3-2-4-13(23)7-11/h2-8,10H,9H2,1H3,(H3,24,25,26,27,30)/t10-/m1/s1. The maximum atomic E-state index is 13.6. The summed E-state index contributed by atoms with van der Waals surface area (Å²) in [6.07, 6.45) is 0. The highest BCUT2D eigenvalue weighted by molar-refractivity contribution is 6.31. The highest BCUT2D eigenvalue weighted by Gasteiger charge is 2.32. The number of hydrogen-bond donors (Lipinski definition) is 2. The van der Waals surface area contributed by atoms with Crippen molar-refractivity contribution < 1.29 is 9.18 Å². The van der Waals surface area contributed by atoms with Gasteiger partial charge in [-0.3, -0.25) is 9.48 Å². The number of anilines is 2. The van der Waals surface area contributed by atoms with Crippen LogP contribution in [0.2, 0.25) is 5.02 Å². The highest BCUT2D eigenvalue weighted by atomic mass is 35.5. The van der Waals surface area contributed by atoms with Gasteiger partial charge in [0.1, 0.15) is 23.1 Å². The molecule has 0 fully saturated rings. The van der Waals surface area contributed by atoms with Crippen LogP contribution in [0, 0.1) is 5.82 Å². The van der Waals surface area contributed by atoms with Crippen LogP contribution in [-0.4, -0.2) is 25.7 Å². The molecule has 1 atom stereocenters. The lowest BCUT2D eigenvalue weighted by Gasteiger charge is -2.06. The number of nitrogens with zero attached hydrogens (tertiary/aromatic N) is 4. The number of fused-ring (bicyclic) bond motifs is 2. The van der Waals surface area contributed by atoms with Gasteiger partial charge in [-0.05, 0) is 42.8 Å². The Kier molecular flexibility index (Phi) is 4.18. The molecule has 2 aromatic carbocycles. The zero-order valence-electron chi connectivity index (χ0n) is 15.9. The van der Waals surface area contributed by atoms with Crippen molar-refractivity contribution in [3.8, 4) is 11.5 Å². The van der Waals surface area contributed by atoms with Gasteiger partial charge in [0, 0.05) is 16.0 Å². The third-order valence-corrected chi connectivity index (χ3v) is 5.42. The monoisotopic (exact) mass is 422 g/mol. The van der Waals surface area contributed by atoms with Gasteiger partial charge in [0.15, 0.2) is 5.82 Å². The molecule has 9 heteroatoms. The Hall–Kier alpha value is -3.52. The number of benzene rings is 2. The normalized spacial score (nSPS) is 15.4. The largest absolute Gasteiger partial charge is 0.383 e. The van der Waals surface area contributed by atoms with Gasteiger partial charge < -0.3 is 11.1 Å². The minimum absolute atomic E-state index is 0.170. The van der Waals surface area contributed by atoms with Gasteiger partial charge in [-0.2, -0.15) is 5.10 Å². The molecular formula is C21H16ClFN6O. The fraction of sp³-hybridized carbons (Fsp3) is 0.143. The number of carbonyl (C=O) groups is 1. The summed E-state index contributed by atoms with van der Waals surface area (Å²) >= 11 is 6.21. The Morgan fingerprint density at radius 2 is 2.07 bits per heavy atom. The number of rotatable bonds is 3. The van der Waals surface area contributed by atoms with Crippen LogP contribution in [0.1, 0.15) is 24.0 Å². The van der Waals surface area contributed by atoms with E-state index in [2.05, 4.69) is 20.4 Å². The second-order valence-electron chi connectivity index (χ2n) is 7.20. The smallest absolute Gasteiger partial charge is 0.233 e. The van der Waals surface area contributed by atoms with Crippen LogP contribution < -0.4 is 11.1 Å². The van der Waals surface area contributed by atoms with Crippen molar-refractivity contribution in [2.45, 2.75) is 19.4 Å². The summed E-state index contributed by atoms with van der Waals surface area (Å²) in [4.78, 5) is 20.9. The molecule has 1 amide bonds. The number of nitrogens with two attached hydrogens (primary N) is 1. The number of hydrogen-bond acceptors (Lipinski definition) is 5. The van der Waals surface area contributed by atoms with Crippen molar-refractivity contribution in [2.24, 2.45) is 0 Å².